The lowest BCUT2D eigenvalue weighted by Crippen LogP contribution is -2.16. The predicted octanol–water partition coefficient (Wildman–Crippen LogP) is 6.44. The van der Waals surface area contributed by atoms with Crippen LogP contribution in [0.1, 0.15) is 21.9 Å². The summed E-state index contributed by atoms with van der Waals surface area (Å²) in [6, 6.07) is 37.7. The summed E-state index contributed by atoms with van der Waals surface area (Å²) < 4.78 is 27.8. The molecule has 0 aliphatic rings. The van der Waals surface area contributed by atoms with E-state index in [4.69, 9.17) is 0 Å². The zero-order valence-electron chi connectivity index (χ0n) is 16.4. The molecule has 0 spiro atoms. The molecule has 0 fully saturated rings. The van der Waals surface area contributed by atoms with Gasteiger partial charge in [0, 0.05) is 0 Å². The summed E-state index contributed by atoms with van der Waals surface area (Å²) in [5, 5.41) is -0.830. The van der Waals surface area contributed by atoms with Gasteiger partial charge in [0.15, 0.2) is 9.84 Å². The highest BCUT2D eigenvalue weighted by molar-refractivity contribution is 7.92. The molecule has 0 N–H and O–H groups in total. The fourth-order valence-electron chi connectivity index (χ4n) is 3.57. The summed E-state index contributed by atoms with van der Waals surface area (Å²) in [6.45, 7) is 0. The summed E-state index contributed by atoms with van der Waals surface area (Å²) in [5.41, 5.74) is 3.33. The van der Waals surface area contributed by atoms with Crippen molar-refractivity contribution in [3.8, 4) is 0 Å². The van der Waals surface area contributed by atoms with E-state index in [-0.39, 0.29) is 0 Å². The lowest BCUT2D eigenvalue weighted by atomic mass is 9.95. The SMILES string of the molecule is O=S(=O)(c1ccccc1)C(/C(=C/c1ccccc1)c1ccccc1)c1ccccc1. The average Bonchev–Trinajstić information content (AvgIpc) is 2.81. The summed E-state index contributed by atoms with van der Waals surface area (Å²) >= 11 is 0. The largest absolute Gasteiger partial charge is 0.223 e. The van der Waals surface area contributed by atoms with Crippen LogP contribution in [0.25, 0.3) is 11.6 Å². The molecular weight excluding hydrogens is 388 g/mol. The predicted molar refractivity (Wildman–Crippen MR) is 124 cm³/mol. The van der Waals surface area contributed by atoms with Crippen LogP contribution >= 0.6 is 0 Å². The molecule has 30 heavy (non-hydrogen) atoms. The molecule has 1 unspecified atom stereocenters. The first kappa shape index (κ1) is 19.9. The van der Waals surface area contributed by atoms with Crippen LogP contribution in [0, 0.1) is 0 Å². The van der Waals surface area contributed by atoms with E-state index < -0.39 is 15.1 Å². The van der Waals surface area contributed by atoms with Crippen LogP contribution in [-0.2, 0) is 9.84 Å². The molecular formula is C27H22O2S. The highest BCUT2D eigenvalue weighted by Gasteiger charge is 2.33. The zero-order valence-corrected chi connectivity index (χ0v) is 17.2. The molecule has 2 nitrogen and oxygen atoms in total. The minimum Gasteiger partial charge on any atom is -0.223 e. The van der Waals surface area contributed by atoms with Crippen molar-refractivity contribution < 1.29 is 8.42 Å². The fourth-order valence-corrected chi connectivity index (χ4v) is 5.43. The average molecular weight is 411 g/mol. The van der Waals surface area contributed by atoms with E-state index in [1.165, 1.54) is 0 Å². The Bertz CT molecular complexity index is 1220. The van der Waals surface area contributed by atoms with Crippen LogP contribution in [-0.4, -0.2) is 8.42 Å². The number of rotatable bonds is 6. The molecule has 0 aliphatic heterocycles. The number of sulfone groups is 1. The Morgan fingerprint density at radius 1 is 0.600 bits per heavy atom. The third-order valence-electron chi connectivity index (χ3n) is 5.00. The molecule has 0 bridgehead atoms. The topological polar surface area (TPSA) is 34.1 Å². The lowest BCUT2D eigenvalue weighted by Gasteiger charge is -2.22. The Morgan fingerprint density at radius 2 is 1.07 bits per heavy atom. The molecule has 0 aliphatic carbocycles. The van der Waals surface area contributed by atoms with Gasteiger partial charge in [0.25, 0.3) is 0 Å². The van der Waals surface area contributed by atoms with Crippen molar-refractivity contribution in [2.45, 2.75) is 10.1 Å². The molecule has 0 heterocycles. The Morgan fingerprint density at radius 3 is 1.63 bits per heavy atom. The Kier molecular flexibility index (Phi) is 5.92. The summed E-state index contributed by atoms with van der Waals surface area (Å²) in [5.74, 6) is 0. The number of hydrogen-bond acceptors (Lipinski definition) is 2. The van der Waals surface area contributed by atoms with Gasteiger partial charge in [-0.3, -0.25) is 0 Å². The minimum atomic E-state index is -3.69. The molecule has 4 rings (SSSR count). The molecule has 4 aromatic rings. The highest BCUT2D eigenvalue weighted by Crippen LogP contribution is 2.41. The maximum absolute atomic E-state index is 13.9. The van der Waals surface area contributed by atoms with E-state index in [0.29, 0.717) is 4.90 Å². The van der Waals surface area contributed by atoms with E-state index in [0.717, 1.165) is 22.3 Å². The Hall–Kier alpha value is -3.43. The molecule has 0 aromatic heterocycles. The summed E-state index contributed by atoms with van der Waals surface area (Å²) in [6.07, 6.45) is 1.98. The van der Waals surface area contributed by atoms with Gasteiger partial charge in [0.2, 0.25) is 0 Å². The molecule has 0 radical (unpaired) electrons. The summed E-state index contributed by atoms with van der Waals surface area (Å²) in [7, 11) is -3.69. The van der Waals surface area contributed by atoms with E-state index in [1.807, 2.05) is 103 Å². The van der Waals surface area contributed by atoms with E-state index in [9.17, 15) is 8.42 Å². The van der Waals surface area contributed by atoms with Crippen molar-refractivity contribution in [3.05, 3.63) is 138 Å². The van der Waals surface area contributed by atoms with E-state index in [2.05, 4.69) is 0 Å². The second kappa shape index (κ2) is 8.93. The van der Waals surface area contributed by atoms with Crippen molar-refractivity contribution in [2.24, 2.45) is 0 Å². The maximum atomic E-state index is 13.9. The van der Waals surface area contributed by atoms with Crippen molar-refractivity contribution in [3.63, 3.8) is 0 Å². The smallest absolute Gasteiger partial charge is 0.189 e. The first-order valence-electron chi connectivity index (χ1n) is 9.82. The number of benzene rings is 4. The van der Waals surface area contributed by atoms with Crippen molar-refractivity contribution >= 4 is 21.5 Å². The van der Waals surface area contributed by atoms with Gasteiger partial charge in [-0.15, -0.1) is 0 Å². The molecule has 148 valence electrons. The Labute approximate surface area is 178 Å². The zero-order chi connectivity index (χ0) is 20.8. The molecule has 1 atom stereocenters. The van der Waals surface area contributed by atoms with Gasteiger partial charge in [-0.2, -0.15) is 0 Å². The third-order valence-corrected chi connectivity index (χ3v) is 7.07. The van der Waals surface area contributed by atoms with Gasteiger partial charge in [0.1, 0.15) is 5.25 Å². The van der Waals surface area contributed by atoms with Gasteiger partial charge in [-0.05, 0) is 40.5 Å². The lowest BCUT2D eigenvalue weighted by molar-refractivity contribution is 0.591. The standard InChI is InChI=1S/C27H22O2S/c28-30(29,25-19-11-4-12-20-25)27(24-17-9-3-10-18-24)26(23-15-7-2-8-16-23)21-22-13-5-1-6-14-22/h1-21,27H/b26-21+. The highest BCUT2D eigenvalue weighted by atomic mass is 32.2. The van der Waals surface area contributed by atoms with Crippen LogP contribution in [0.5, 0.6) is 0 Å². The molecule has 0 amide bonds. The van der Waals surface area contributed by atoms with Gasteiger partial charge >= 0.3 is 0 Å². The van der Waals surface area contributed by atoms with E-state index in [1.54, 1.807) is 24.3 Å². The fraction of sp³-hybridized carbons (Fsp3) is 0.0370. The second-order valence-electron chi connectivity index (χ2n) is 7.03. The maximum Gasteiger partial charge on any atom is 0.189 e. The van der Waals surface area contributed by atoms with Crippen molar-refractivity contribution in [1.29, 1.82) is 0 Å². The Balaban J connectivity index is 1.99. The second-order valence-corrected chi connectivity index (χ2v) is 9.06. The monoisotopic (exact) mass is 410 g/mol. The molecule has 4 aromatic carbocycles. The first-order chi connectivity index (χ1) is 14.7. The van der Waals surface area contributed by atoms with Crippen LogP contribution in [0.4, 0.5) is 0 Å². The first-order valence-corrected chi connectivity index (χ1v) is 11.4. The summed E-state index contributed by atoms with van der Waals surface area (Å²) in [4.78, 5) is 0.314. The normalized spacial score (nSPS) is 13.0. The van der Waals surface area contributed by atoms with Crippen LogP contribution < -0.4 is 0 Å². The quantitative estimate of drug-likeness (QED) is 0.343. The van der Waals surface area contributed by atoms with Crippen molar-refractivity contribution in [2.75, 3.05) is 0 Å². The van der Waals surface area contributed by atoms with Crippen LogP contribution in [0.15, 0.2) is 126 Å². The van der Waals surface area contributed by atoms with Gasteiger partial charge in [0.05, 0.1) is 4.90 Å². The van der Waals surface area contributed by atoms with Gasteiger partial charge in [-0.1, -0.05) is 109 Å². The molecule has 0 saturated heterocycles. The third kappa shape index (κ3) is 4.27. The van der Waals surface area contributed by atoms with Crippen LogP contribution in [0.2, 0.25) is 0 Å². The van der Waals surface area contributed by atoms with Crippen molar-refractivity contribution in [1.82, 2.24) is 0 Å². The molecule has 0 saturated carbocycles. The van der Waals surface area contributed by atoms with Gasteiger partial charge in [-0.25, -0.2) is 8.42 Å². The van der Waals surface area contributed by atoms with Crippen LogP contribution in [0.3, 0.4) is 0 Å². The number of hydrogen-bond donors (Lipinski definition) is 0. The molecule has 3 heteroatoms. The minimum absolute atomic E-state index is 0.314. The van der Waals surface area contributed by atoms with Gasteiger partial charge < -0.3 is 0 Å². The van der Waals surface area contributed by atoms with E-state index >= 15 is 0 Å².